The molecular formula is C20H14N2O2S. The highest BCUT2D eigenvalue weighted by Gasteiger charge is 2.06. The topological polar surface area (TPSA) is 65.7 Å². The minimum absolute atomic E-state index is 0.0719. The van der Waals surface area contributed by atoms with Gasteiger partial charge in [-0.25, -0.2) is 4.98 Å². The van der Waals surface area contributed by atoms with Gasteiger partial charge in [0.2, 0.25) is 0 Å². The van der Waals surface area contributed by atoms with E-state index >= 15 is 0 Å². The molecule has 2 N–H and O–H groups in total. The molecule has 3 aromatic carbocycles. The van der Waals surface area contributed by atoms with E-state index in [4.69, 9.17) is 0 Å². The highest BCUT2D eigenvalue weighted by molar-refractivity contribution is 7.21. The van der Waals surface area contributed by atoms with E-state index in [2.05, 4.69) is 9.98 Å². The number of thiazole rings is 1. The van der Waals surface area contributed by atoms with Gasteiger partial charge in [0.15, 0.2) is 0 Å². The Hall–Kier alpha value is -3.18. The fourth-order valence-electron chi connectivity index (χ4n) is 2.49. The van der Waals surface area contributed by atoms with Crippen molar-refractivity contribution in [2.45, 2.75) is 0 Å². The summed E-state index contributed by atoms with van der Waals surface area (Å²) in [5.74, 6) is 0.157. The maximum atomic E-state index is 9.80. The molecule has 0 saturated heterocycles. The van der Waals surface area contributed by atoms with E-state index in [1.807, 2.05) is 48.5 Å². The van der Waals surface area contributed by atoms with Crippen LogP contribution in [0, 0.1) is 0 Å². The van der Waals surface area contributed by atoms with Gasteiger partial charge in [0.05, 0.1) is 15.9 Å². The summed E-state index contributed by atoms with van der Waals surface area (Å²) >= 11 is 1.64. The zero-order valence-electron chi connectivity index (χ0n) is 13.1. The summed E-state index contributed by atoms with van der Waals surface area (Å²) in [7, 11) is 0. The summed E-state index contributed by atoms with van der Waals surface area (Å²) in [6.45, 7) is 0. The number of aromatic nitrogens is 1. The molecule has 1 heterocycles. The Balaban J connectivity index is 1.67. The third kappa shape index (κ3) is 3.22. The van der Waals surface area contributed by atoms with E-state index in [0.29, 0.717) is 5.56 Å². The van der Waals surface area contributed by atoms with E-state index in [0.717, 1.165) is 26.5 Å². The van der Waals surface area contributed by atoms with Gasteiger partial charge in [0.1, 0.15) is 16.5 Å². The second-order valence-corrected chi connectivity index (χ2v) is 6.57. The van der Waals surface area contributed by atoms with Crippen LogP contribution in [0.1, 0.15) is 5.56 Å². The van der Waals surface area contributed by atoms with Gasteiger partial charge in [-0.15, -0.1) is 11.3 Å². The summed E-state index contributed by atoms with van der Waals surface area (Å²) in [5, 5.41) is 20.3. The lowest BCUT2D eigenvalue weighted by Crippen LogP contribution is -1.81. The Morgan fingerprint density at radius 2 is 1.76 bits per heavy atom. The quantitative estimate of drug-likeness (QED) is 0.399. The van der Waals surface area contributed by atoms with E-state index in [-0.39, 0.29) is 11.5 Å². The van der Waals surface area contributed by atoms with Gasteiger partial charge in [0, 0.05) is 17.3 Å². The number of fused-ring (bicyclic) bond motifs is 1. The van der Waals surface area contributed by atoms with Gasteiger partial charge < -0.3 is 10.2 Å². The zero-order valence-corrected chi connectivity index (χ0v) is 13.9. The van der Waals surface area contributed by atoms with Crippen LogP contribution in [0.25, 0.3) is 20.8 Å². The average molecular weight is 346 g/mol. The second kappa shape index (κ2) is 6.37. The summed E-state index contributed by atoms with van der Waals surface area (Å²) in [6.07, 6.45) is 1.53. The first kappa shape index (κ1) is 15.4. The Labute approximate surface area is 148 Å². The molecule has 0 fully saturated rings. The molecule has 122 valence electrons. The van der Waals surface area contributed by atoms with Crippen molar-refractivity contribution < 1.29 is 10.2 Å². The maximum Gasteiger partial charge on any atom is 0.124 e. The number of hydrogen-bond acceptors (Lipinski definition) is 5. The van der Waals surface area contributed by atoms with Crippen LogP contribution < -0.4 is 0 Å². The molecule has 0 spiro atoms. The number of rotatable bonds is 3. The lowest BCUT2D eigenvalue weighted by molar-refractivity contribution is 0.459. The highest BCUT2D eigenvalue weighted by atomic mass is 32.1. The lowest BCUT2D eigenvalue weighted by Gasteiger charge is -1.99. The SMILES string of the molecule is Oc1ccc(O)c(C=Nc2ccc3sc(-c4ccccc4)nc3c2)c1. The molecule has 4 rings (SSSR count). The monoisotopic (exact) mass is 346 g/mol. The highest BCUT2D eigenvalue weighted by Crippen LogP contribution is 2.32. The molecule has 0 aliphatic heterocycles. The number of aromatic hydroxyl groups is 2. The first-order chi connectivity index (χ1) is 12.2. The van der Waals surface area contributed by atoms with Gasteiger partial charge in [-0.1, -0.05) is 30.3 Å². The summed E-state index contributed by atoms with van der Waals surface area (Å²) in [5.41, 5.74) is 3.18. The van der Waals surface area contributed by atoms with Crippen LogP contribution in [0.3, 0.4) is 0 Å². The fraction of sp³-hybridized carbons (Fsp3) is 0. The van der Waals surface area contributed by atoms with Crippen molar-refractivity contribution >= 4 is 33.5 Å². The minimum Gasteiger partial charge on any atom is -0.508 e. The van der Waals surface area contributed by atoms with E-state index in [1.165, 1.54) is 24.4 Å². The molecule has 0 bridgehead atoms. The number of phenolic OH excluding ortho intramolecular Hbond substituents is 2. The molecule has 0 aliphatic carbocycles. The van der Waals surface area contributed by atoms with Crippen LogP contribution in [0.5, 0.6) is 11.5 Å². The Kier molecular flexibility index (Phi) is 3.91. The predicted octanol–water partition coefficient (Wildman–Crippen LogP) is 5.13. The smallest absolute Gasteiger partial charge is 0.124 e. The zero-order chi connectivity index (χ0) is 17.2. The molecule has 1 aromatic heterocycles. The first-order valence-electron chi connectivity index (χ1n) is 7.71. The van der Waals surface area contributed by atoms with E-state index in [9.17, 15) is 10.2 Å². The molecule has 0 radical (unpaired) electrons. The van der Waals surface area contributed by atoms with Crippen molar-refractivity contribution in [1.29, 1.82) is 0 Å². The molecule has 25 heavy (non-hydrogen) atoms. The predicted molar refractivity (Wildman–Crippen MR) is 102 cm³/mol. The van der Waals surface area contributed by atoms with Crippen molar-refractivity contribution in [3.8, 4) is 22.1 Å². The molecular weight excluding hydrogens is 332 g/mol. The number of phenols is 2. The summed E-state index contributed by atoms with van der Waals surface area (Å²) in [4.78, 5) is 9.06. The van der Waals surface area contributed by atoms with Crippen LogP contribution in [-0.4, -0.2) is 21.4 Å². The normalized spacial score (nSPS) is 11.4. The first-order valence-corrected chi connectivity index (χ1v) is 8.53. The number of aliphatic imine (C=N–C) groups is 1. The molecule has 5 heteroatoms. The Morgan fingerprint density at radius 1 is 0.920 bits per heavy atom. The molecule has 0 amide bonds. The van der Waals surface area contributed by atoms with E-state index < -0.39 is 0 Å². The van der Waals surface area contributed by atoms with Crippen LogP contribution in [0.4, 0.5) is 5.69 Å². The molecule has 0 atom stereocenters. The van der Waals surface area contributed by atoms with Crippen LogP contribution in [0.2, 0.25) is 0 Å². The van der Waals surface area contributed by atoms with Gasteiger partial charge in [-0.2, -0.15) is 0 Å². The van der Waals surface area contributed by atoms with Gasteiger partial charge in [0.25, 0.3) is 0 Å². The Bertz CT molecular complexity index is 1070. The van der Waals surface area contributed by atoms with Gasteiger partial charge in [-0.05, 0) is 36.4 Å². The largest absolute Gasteiger partial charge is 0.508 e. The van der Waals surface area contributed by atoms with Crippen molar-refractivity contribution in [2.24, 2.45) is 4.99 Å². The molecule has 0 aliphatic rings. The van der Waals surface area contributed by atoms with Gasteiger partial charge in [-0.3, -0.25) is 4.99 Å². The standard InChI is InChI=1S/C20H14N2O2S/c23-16-7-8-18(24)14(10-16)12-21-15-6-9-19-17(11-15)22-20(25-19)13-4-2-1-3-5-13/h1-12,23-24H. The number of hydrogen-bond donors (Lipinski definition) is 2. The number of nitrogens with zero attached hydrogens (tertiary/aromatic N) is 2. The fourth-order valence-corrected chi connectivity index (χ4v) is 3.44. The van der Waals surface area contributed by atoms with Gasteiger partial charge >= 0.3 is 0 Å². The van der Waals surface area contributed by atoms with Crippen molar-refractivity contribution in [1.82, 2.24) is 4.98 Å². The van der Waals surface area contributed by atoms with Crippen molar-refractivity contribution in [3.63, 3.8) is 0 Å². The van der Waals surface area contributed by atoms with Crippen LogP contribution >= 0.6 is 11.3 Å². The molecule has 0 unspecified atom stereocenters. The summed E-state index contributed by atoms with van der Waals surface area (Å²) in [6, 6.07) is 20.2. The molecule has 0 saturated carbocycles. The minimum atomic E-state index is 0.0719. The third-order valence-electron chi connectivity index (χ3n) is 3.76. The van der Waals surface area contributed by atoms with Crippen molar-refractivity contribution in [3.05, 3.63) is 72.3 Å². The lowest BCUT2D eigenvalue weighted by atomic mass is 10.2. The number of benzene rings is 3. The second-order valence-electron chi connectivity index (χ2n) is 5.54. The molecule has 4 aromatic rings. The Morgan fingerprint density at radius 3 is 2.60 bits per heavy atom. The van der Waals surface area contributed by atoms with Crippen molar-refractivity contribution in [2.75, 3.05) is 0 Å². The maximum absolute atomic E-state index is 9.80. The average Bonchev–Trinajstić information content (AvgIpc) is 3.06. The van der Waals surface area contributed by atoms with Crippen LogP contribution in [0.15, 0.2) is 71.7 Å². The molecule has 4 nitrogen and oxygen atoms in total. The summed E-state index contributed by atoms with van der Waals surface area (Å²) < 4.78 is 1.10. The van der Waals surface area contributed by atoms with E-state index in [1.54, 1.807) is 11.3 Å². The van der Waals surface area contributed by atoms with Crippen LogP contribution in [-0.2, 0) is 0 Å². The third-order valence-corrected chi connectivity index (χ3v) is 4.84.